The van der Waals surface area contributed by atoms with Gasteiger partial charge in [-0.3, -0.25) is 4.79 Å². The summed E-state index contributed by atoms with van der Waals surface area (Å²) in [5, 5.41) is 15.3. The van der Waals surface area contributed by atoms with Crippen LogP contribution in [0.4, 0.5) is 0 Å². The predicted molar refractivity (Wildman–Crippen MR) is 32.7 cm³/mol. The number of carboxylic acid groups (broad SMARTS) is 1. The second-order valence-electron chi connectivity index (χ2n) is 1.61. The van der Waals surface area contributed by atoms with Gasteiger partial charge in [0.1, 0.15) is 11.7 Å². The zero-order valence-electron chi connectivity index (χ0n) is 4.86. The minimum Gasteiger partial charge on any atom is -0.480 e. The van der Waals surface area contributed by atoms with Gasteiger partial charge in [-0.1, -0.05) is 16.8 Å². The number of hydrogen-bond donors (Lipinski definition) is 1. The van der Waals surface area contributed by atoms with E-state index in [1.807, 2.05) is 0 Å². The number of halogens is 1. The molecule has 0 unspecified atom stereocenters. The average molecular weight is 162 g/mol. The lowest BCUT2D eigenvalue weighted by atomic mass is 10.7. The van der Waals surface area contributed by atoms with E-state index in [9.17, 15) is 4.79 Å². The molecule has 0 aromatic carbocycles. The molecule has 0 saturated carbocycles. The van der Waals surface area contributed by atoms with Crippen LogP contribution >= 0.6 is 11.6 Å². The molecular formula is C4H4ClN3O2. The maximum atomic E-state index is 10.1. The highest BCUT2D eigenvalue weighted by Gasteiger charge is 2.03. The van der Waals surface area contributed by atoms with Crippen molar-refractivity contribution in [1.29, 1.82) is 0 Å². The first-order valence-corrected chi connectivity index (χ1v) is 2.83. The molecule has 6 heteroatoms. The first kappa shape index (κ1) is 7.01. The Bertz CT molecular complexity index is 246. The van der Waals surface area contributed by atoms with Gasteiger partial charge in [0, 0.05) is 0 Å². The van der Waals surface area contributed by atoms with Gasteiger partial charge in [-0.25, -0.2) is 4.68 Å². The van der Waals surface area contributed by atoms with Gasteiger partial charge in [0.15, 0.2) is 0 Å². The number of nitrogens with zero attached hydrogens (tertiary/aromatic N) is 3. The molecule has 0 aliphatic heterocycles. The second kappa shape index (κ2) is 2.66. The van der Waals surface area contributed by atoms with E-state index in [0.29, 0.717) is 0 Å². The van der Waals surface area contributed by atoms with E-state index < -0.39 is 5.97 Å². The Balaban J connectivity index is 2.74. The van der Waals surface area contributed by atoms with Gasteiger partial charge >= 0.3 is 5.97 Å². The lowest BCUT2D eigenvalue weighted by molar-refractivity contribution is -0.137. The van der Waals surface area contributed by atoms with E-state index in [1.165, 1.54) is 6.20 Å². The molecule has 0 atom stereocenters. The second-order valence-corrected chi connectivity index (χ2v) is 2.00. The highest BCUT2D eigenvalue weighted by molar-refractivity contribution is 6.29. The SMILES string of the molecule is O=C(O)Cn1nncc1Cl. The minimum absolute atomic E-state index is 0.224. The van der Waals surface area contributed by atoms with Crippen LogP contribution in [-0.2, 0) is 11.3 Å². The third kappa shape index (κ3) is 1.44. The fraction of sp³-hybridized carbons (Fsp3) is 0.250. The zero-order valence-corrected chi connectivity index (χ0v) is 5.62. The molecule has 1 heterocycles. The number of aliphatic carboxylic acids is 1. The molecule has 0 spiro atoms. The van der Waals surface area contributed by atoms with Crippen molar-refractivity contribution in [3.63, 3.8) is 0 Å². The van der Waals surface area contributed by atoms with Crippen LogP contribution < -0.4 is 0 Å². The monoisotopic (exact) mass is 161 g/mol. The molecule has 1 aromatic heterocycles. The van der Waals surface area contributed by atoms with Crippen molar-refractivity contribution < 1.29 is 9.90 Å². The van der Waals surface area contributed by atoms with Gasteiger partial charge in [0.2, 0.25) is 0 Å². The standard InChI is InChI=1S/C4H4ClN3O2/c5-3-1-6-7-8(3)2-4(9)10/h1H,2H2,(H,9,10). The summed E-state index contributed by atoms with van der Waals surface area (Å²) in [6, 6.07) is 0. The van der Waals surface area contributed by atoms with E-state index in [2.05, 4.69) is 10.3 Å². The summed E-state index contributed by atoms with van der Waals surface area (Å²) in [5.74, 6) is -0.993. The van der Waals surface area contributed by atoms with Crippen molar-refractivity contribution in [3.8, 4) is 0 Å². The molecule has 10 heavy (non-hydrogen) atoms. The molecule has 0 saturated heterocycles. The number of carbonyl (C=O) groups is 1. The van der Waals surface area contributed by atoms with Crippen molar-refractivity contribution in [1.82, 2.24) is 15.0 Å². The molecule has 5 nitrogen and oxygen atoms in total. The van der Waals surface area contributed by atoms with E-state index in [0.717, 1.165) is 4.68 Å². The first-order chi connectivity index (χ1) is 4.70. The van der Waals surface area contributed by atoms with Gasteiger partial charge in [0.05, 0.1) is 6.20 Å². The smallest absolute Gasteiger partial charge is 0.325 e. The predicted octanol–water partition coefficient (Wildman–Crippen LogP) is 0.0161. The van der Waals surface area contributed by atoms with Gasteiger partial charge in [-0.2, -0.15) is 0 Å². The summed E-state index contributed by atoms with van der Waals surface area (Å²) >= 11 is 5.46. The molecule has 0 fully saturated rings. The van der Waals surface area contributed by atoms with Crippen LogP contribution in [0.15, 0.2) is 6.20 Å². The first-order valence-electron chi connectivity index (χ1n) is 2.46. The van der Waals surface area contributed by atoms with E-state index in [1.54, 1.807) is 0 Å². The molecule has 0 bridgehead atoms. The summed E-state index contributed by atoms with van der Waals surface area (Å²) in [4.78, 5) is 10.1. The summed E-state index contributed by atoms with van der Waals surface area (Å²) in [6.45, 7) is -0.251. The Hall–Kier alpha value is -1.10. The van der Waals surface area contributed by atoms with Crippen LogP contribution in [0.3, 0.4) is 0 Å². The van der Waals surface area contributed by atoms with Crippen LogP contribution in [-0.4, -0.2) is 26.1 Å². The molecular weight excluding hydrogens is 158 g/mol. The highest BCUT2D eigenvalue weighted by atomic mass is 35.5. The lowest BCUT2D eigenvalue weighted by Gasteiger charge is -1.93. The number of rotatable bonds is 2. The number of aromatic nitrogens is 3. The lowest BCUT2D eigenvalue weighted by Crippen LogP contribution is -2.10. The maximum absolute atomic E-state index is 10.1. The fourth-order valence-corrected chi connectivity index (χ4v) is 0.618. The molecule has 0 radical (unpaired) electrons. The van der Waals surface area contributed by atoms with Crippen LogP contribution in [0, 0.1) is 0 Å². The largest absolute Gasteiger partial charge is 0.480 e. The van der Waals surface area contributed by atoms with Crippen molar-refractivity contribution in [3.05, 3.63) is 11.3 Å². The Kier molecular flexibility index (Phi) is 1.86. The zero-order chi connectivity index (χ0) is 7.56. The Morgan fingerprint density at radius 2 is 2.60 bits per heavy atom. The van der Waals surface area contributed by atoms with Crippen LogP contribution in [0.2, 0.25) is 5.15 Å². The third-order valence-electron chi connectivity index (χ3n) is 0.855. The number of hydrogen-bond acceptors (Lipinski definition) is 3. The molecule has 0 aliphatic carbocycles. The van der Waals surface area contributed by atoms with Crippen LogP contribution in [0.25, 0.3) is 0 Å². The summed E-state index contributed by atoms with van der Waals surface area (Å²) in [6.07, 6.45) is 1.28. The molecule has 1 aromatic rings. The number of carboxylic acids is 1. The van der Waals surface area contributed by atoms with Crippen molar-refractivity contribution in [2.75, 3.05) is 0 Å². The van der Waals surface area contributed by atoms with Crippen LogP contribution in [0.1, 0.15) is 0 Å². The molecule has 1 rings (SSSR count). The summed E-state index contributed by atoms with van der Waals surface area (Å²) in [5.41, 5.74) is 0. The maximum Gasteiger partial charge on any atom is 0.325 e. The minimum atomic E-state index is -0.993. The molecule has 1 N–H and O–H groups in total. The quantitative estimate of drug-likeness (QED) is 0.664. The van der Waals surface area contributed by atoms with Crippen molar-refractivity contribution >= 4 is 17.6 Å². The Labute approximate surface area is 61.2 Å². The fourth-order valence-electron chi connectivity index (χ4n) is 0.480. The van der Waals surface area contributed by atoms with Crippen LogP contribution in [0.5, 0.6) is 0 Å². The van der Waals surface area contributed by atoms with Gasteiger partial charge in [-0.05, 0) is 0 Å². The highest BCUT2D eigenvalue weighted by Crippen LogP contribution is 2.02. The molecule has 54 valence electrons. The Morgan fingerprint density at radius 3 is 3.00 bits per heavy atom. The summed E-state index contributed by atoms with van der Waals surface area (Å²) < 4.78 is 1.09. The van der Waals surface area contributed by atoms with Crippen molar-refractivity contribution in [2.24, 2.45) is 0 Å². The van der Waals surface area contributed by atoms with Gasteiger partial charge in [-0.15, -0.1) is 5.10 Å². The topological polar surface area (TPSA) is 68.0 Å². The van der Waals surface area contributed by atoms with E-state index >= 15 is 0 Å². The van der Waals surface area contributed by atoms with Gasteiger partial charge < -0.3 is 5.11 Å². The Morgan fingerprint density at radius 1 is 1.90 bits per heavy atom. The van der Waals surface area contributed by atoms with Crippen molar-refractivity contribution in [2.45, 2.75) is 6.54 Å². The van der Waals surface area contributed by atoms with Gasteiger partial charge in [0.25, 0.3) is 0 Å². The third-order valence-corrected chi connectivity index (χ3v) is 1.15. The normalized spacial score (nSPS) is 9.70. The average Bonchev–Trinajstić information content (AvgIpc) is 2.15. The molecule has 0 amide bonds. The van der Waals surface area contributed by atoms with E-state index in [-0.39, 0.29) is 11.7 Å². The summed E-state index contributed by atoms with van der Waals surface area (Å²) in [7, 11) is 0. The van der Waals surface area contributed by atoms with E-state index in [4.69, 9.17) is 16.7 Å². The molecule has 0 aliphatic rings.